The van der Waals surface area contributed by atoms with Gasteiger partial charge in [0.25, 0.3) is 0 Å². The molecular weight excluding hydrogens is 200 g/mol. The fraction of sp³-hybridized carbons (Fsp3) is 0. The Morgan fingerprint density at radius 1 is 0.875 bits per heavy atom. The molecule has 0 spiro atoms. The summed E-state index contributed by atoms with van der Waals surface area (Å²) in [5.74, 6) is 0. The number of rotatable bonds is 2. The highest BCUT2D eigenvalue weighted by Gasteiger charge is 2.03. The molecule has 3 heteroatoms. The molecule has 0 fully saturated rings. The van der Waals surface area contributed by atoms with Gasteiger partial charge < -0.3 is 5.32 Å². The number of anilines is 1. The van der Waals surface area contributed by atoms with Crippen LogP contribution in [0.1, 0.15) is 0 Å². The molecule has 3 nitrogen and oxygen atoms in total. The zero-order valence-electron chi connectivity index (χ0n) is 8.63. The first-order valence-corrected chi connectivity index (χ1v) is 4.97. The third-order valence-electron chi connectivity index (χ3n) is 2.01. The zero-order valence-corrected chi connectivity index (χ0v) is 8.63. The molecule has 1 radical (unpaired) electrons. The van der Waals surface area contributed by atoms with Gasteiger partial charge in [0.05, 0.1) is 5.69 Å². The maximum atomic E-state index is 11.5. The van der Waals surface area contributed by atoms with E-state index in [0.29, 0.717) is 5.69 Å². The Bertz CT molecular complexity index is 410. The van der Waals surface area contributed by atoms with Crippen LogP contribution >= 0.6 is 0 Å². The number of para-hydroxylation sites is 2. The highest BCUT2D eigenvalue weighted by atomic mass is 16.2. The standard InChI is InChI=1S/C13H11N2O/c16-13(14-11-7-3-1-4-8-11)15-12-9-5-2-6-10-12/h1-10H,(H,14,16). The topological polar surface area (TPSA) is 43.2 Å². The van der Waals surface area contributed by atoms with Gasteiger partial charge in [-0.1, -0.05) is 36.4 Å². The lowest BCUT2D eigenvalue weighted by atomic mass is 10.3. The van der Waals surface area contributed by atoms with E-state index >= 15 is 0 Å². The van der Waals surface area contributed by atoms with Crippen molar-refractivity contribution in [3.63, 3.8) is 0 Å². The SMILES string of the molecule is O=C([N]c1ccccc1)Nc1ccccc1. The van der Waals surface area contributed by atoms with Crippen molar-refractivity contribution in [2.24, 2.45) is 0 Å². The van der Waals surface area contributed by atoms with Gasteiger partial charge in [-0.15, -0.1) is 0 Å². The van der Waals surface area contributed by atoms with Gasteiger partial charge in [0.15, 0.2) is 0 Å². The van der Waals surface area contributed by atoms with E-state index in [4.69, 9.17) is 0 Å². The average Bonchev–Trinajstić information content (AvgIpc) is 2.31. The van der Waals surface area contributed by atoms with Crippen LogP contribution in [-0.2, 0) is 0 Å². The first-order chi connectivity index (χ1) is 7.84. The summed E-state index contributed by atoms with van der Waals surface area (Å²) in [6.45, 7) is 0. The molecular formula is C13H11N2O. The number of hydrogen-bond donors (Lipinski definition) is 1. The minimum Gasteiger partial charge on any atom is -0.306 e. The van der Waals surface area contributed by atoms with E-state index in [1.54, 1.807) is 12.1 Å². The van der Waals surface area contributed by atoms with Crippen LogP contribution in [0.5, 0.6) is 0 Å². The Labute approximate surface area is 94.1 Å². The summed E-state index contributed by atoms with van der Waals surface area (Å²) in [6, 6.07) is 18.0. The first kappa shape index (κ1) is 10.2. The number of urea groups is 1. The Hall–Kier alpha value is -2.29. The second kappa shape index (κ2) is 4.98. The number of nitrogens with zero attached hydrogens (tertiary/aromatic N) is 1. The Morgan fingerprint density at radius 3 is 2.06 bits per heavy atom. The fourth-order valence-corrected chi connectivity index (χ4v) is 1.29. The maximum Gasteiger partial charge on any atom is 0.345 e. The van der Waals surface area contributed by atoms with Crippen molar-refractivity contribution in [2.45, 2.75) is 0 Å². The van der Waals surface area contributed by atoms with Crippen LogP contribution in [0, 0.1) is 0 Å². The minimum absolute atomic E-state index is 0.364. The van der Waals surface area contributed by atoms with Gasteiger partial charge in [-0.05, 0) is 24.3 Å². The second-order valence-electron chi connectivity index (χ2n) is 3.24. The van der Waals surface area contributed by atoms with Crippen molar-refractivity contribution in [1.29, 1.82) is 0 Å². The monoisotopic (exact) mass is 211 g/mol. The van der Waals surface area contributed by atoms with Crippen LogP contribution in [-0.4, -0.2) is 6.03 Å². The summed E-state index contributed by atoms with van der Waals surface area (Å²) in [5, 5.41) is 6.59. The number of hydrogen-bond acceptors (Lipinski definition) is 1. The van der Waals surface area contributed by atoms with E-state index in [1.807, 2.05) is 48.5 Å². The Kier molecular flexibility index (Phi) is 3.18. The van der Waals surface area contributed by atoms with Crippen molar-refractivity contribution < 1.29 is 4.79 Å². The number of carbonyl (C=O) groups is 1. The van der Waals surface area contributed by atoms with Crippen molar-refractivity contribution in [1.82, 2.24) is 5.32 Å². The van der Waals surface area contributed by atoms with E-state index < -0.39 is 0 Å². The normalized spacial score (nSPS) is 9.50. The molecule has 0 bridgehead atoms. The van der Waals surface area contributed by atoms with Crippen molar-refractivity contribution in [3.05, 3.63) is 60.7 Å². The van der Waals surface area contributed by atoms with Gasteiger partial charge in [-0.25, -0.2) is 4.79 Å². The molecule has 79 valence electrons. The number of nitrogens with one attached hydrogen (secondary N) is 1. The minimum atomic E-state index is -0.364. The Morgan fingerprint density at radius 2 is 1.44 bits per heavy atom. The molecule has 0 aliphatic heterocycles. The van der Waals surface area contributed by atoms with Crippen LogP contribution in [0.25, 0.3) is 0 Å². The second-order valence-corrected chi connectivity index (χ2v) is 3.24. The molecule has 2 amide bonds. The van der Waals surface area contributed by atoms with E-state index in [1.165, 1.54) is 0 Å². The van der Waals surface area contributed by atoms with Crippen LogP contribution in [0.15, 0.2) is 60.7 Å². The first-order valence-electron chi connectivity index (χ1n) is 4.97. The lowest BCUT2D eigenvalue weighted by Crippen LogP contribution is -2.18. The van der Waals surface area contributed by atoms with Gasteiger partial charge in [-0.2, -0.15) is 5.32 Å². The van der Waals surface area contributed by atoms with Gasteiger partial charge in [-0.3, -0.25) is 0 Å². The van der Waals surface area contributed by atoms with Gasteiger partial charge in [0.1, 0.15) is 0 Å². The summed E-state index contributed by atoms with van der Waals surface area (Å²) in [6.07, 6.45) is 0. The molecule has 2 rings (SSSR count). The molecule has 0 atom stereocenters. The van der Waals surface area contributed by atoms with E-state index in [9.17, 15) is 4.79 Å². The summed E-state index contributed by atoms with van der Waals surface area (Å²) in [5.41, 5.74) is 1.39. The number of carbonyl (C=O) groups excluding carboxylic acids is 1. The maximum absolute atomic E-state index is 11.5. The molecule has 0 saturated carbocycles. The average molecular weight is 211 g/mol. The molecule has 0 aromatic heterocycles. The predicted octanol–water partition coefficient (Wildman–Crippen LogP) is 3.15. The van der Waals surface area contributed by atoms with Crippen molar-refractivity contribution >= 4 is 17.4 Å². The molecule has 0 heterocycles. The molecule has 0 unspecified atom stereocenters. The molecule has 0 saturated heterocycles. The number of benzene rings is 2. The lowest BCUT2D eigenvalue weighted by Gasteiger charge is -2.04. The summed E-state index contributed by atoms with van der Waals surface area (Å²) < 4.78 is 0. The molecule has 2 aromatic carbocycles. The van der Waals surface area contributed by atoms with E-state index in [0.717, 1.165) is 5.69 Å². The molecule has 2 aromatic rings. The predicted molar refractivity (Wildman–Crippen MR) is 63.7 cm³/mol. The quantitative estimate of drug-likeness (QED) is 0.814. The van der Waals surface area contributed by atoms with Gasteiger partial charge in [0, 0.05) is 5.69 Å². The summed E-state index contributed by atoms with van der Waals surface area (Å²) in [7, 11) is 0. The van der Waals surface area contributed by atoms with Crippen LogP contribution in [0.3, 0.4) is 0 Å². The summed E-state index contributed by atoms with van der Waals surface area (Å²) >= 11 is 0. The van der Waals surface area contributed by atoms with Crippen molar-refractivity contribution in [2.75, 3.05) is 5.32 Å². The van der Waals surface area contributed by atoms with Crippen LogP contribution < -0.4 is 10.6 Å². The zero-order chi connectivity index (χ0) is 11.2. The fourth-order valence-electron chi connectivity index (χ4n) is 1.29. The summed E-state index contributed by atoms with van der Waals surface area (Å²) in [4.78, 5) is 11.5. The smallest absolute Gasteiger partial charge is 0.306 e. The van der Waals surface area contributed by atoms with E-state index in [-0.39, 0.29) is 6.03 Å². The molecule has 16 heavy (non-hydrogen) atoms. The molecule has 0 aliphatic carbocycles. The van der Waals surface area contributed by atoms with Gasteiger partial charge in [0.2, 0.25) is 0 Å². The van der Waals surface area contributed by atoms with Crippen LogP contribution in [0.4, 0.5) is 16.2 Å². The third kappa shape index (κ3) is 2.85. The number of amides is 2. The van der Waals surface area contributed by atoms with Crippen molar-refractivity contribution in [3.8, 4) is 0 Å². The van der Waals surface area contributed by atoms with Crippen LogP contribution in [0.2, 0.25) is 0 Å². The molecule has 0 aliphatic rings. The Balaban J connectivity index is 1.95. The van der Waals surface area contributed by atoms with E-state index in [2.05, 4.69) is 10.6 Å². The van der Waals surface area contributed by atoms with Gasteiger partial charge >= 0.3 is 6.03 Å². The lowest BCUT2D eigenvalue weighted by molar-refractivity contribution is 0.255. The third-order valence-corrected chi connectivity index (χ3v) is 2.01. The largest absolute Gasteiger partial charge is 0.345 e. The highest BCUT2D eigenvalue weighted by molar-refractivity contribution is 5.91. The molecule has 1 N–H and O–H groups in total. The highest BCUT2D eigenvalue weighted by Crippen LogP contribution is 2.08.